The number of nitrogens with zero attached hydrogens (tertiary/aromatic N) is 2. The number of fused-ring (bicyclic) bond motifs is 1. The molecule has 0 amide bonds. The van der Waals surface area contributed by atoms with E-state index in [1.165, 1.54) is 4.57 Å². The van der Waals surface area contributed by atoms with Gasteiger partial charge in [-0.2, -0.15) is 5.10 Å². The van der Waals surface area contributed by atoms with Crippen LogP contribution in [0.3, 0.4) is 0 Å². The van der Waals surface area contributed by atoms with Crippen LogP contribution in [0.4, 0.5) is 0 Å². The van der Waals surface area contributed by atoms with Gasteiger partial charge in [-0.05, 0) is 24.4 Å². The third kappa shape index (κ3) is 1.92. The fourth-order valence-electron chi connectivity index (χ4n) is 2.29. The molecule has 0 fully saturated rings. The molecule has 2 aromatic heterocycles. The van der Waals surface area contributed by atoms with Gasteiger partial charge in [-0.1, -0.05) is 23.7 Å². The predicted octanol–water partition coefficient (Wildman–Crippen LogP) is 2.39. The zero-order valence-corrected chi connectivity index (χ0v) is 11.6. The van der Waals surface area contributed by atoms with Gasteiger partial charge in [-0.15, -0.1) is 0 Å². The Morgan fingerprint density at radius 2 is 2.20 bits per heavy atom. The average Bonchev–Trinajstić information content (AvgIpc) is 2.91. The van der Waals surface area contributed by atoms with E-state index < -0.39 is 0 Å². The van der Waals surface area contributed by atoms with Crippen molar-refractivity contribution in [1.29, 1.82) is 0 Å². The highest BCUT2D eigenvalue weighted by Crippen LogP contribution is 2.24. The average molecular weight is 289 g/mol. The lowest BCUT2D eigenvalue weighted by molar-refractivity contribution is 0.724. The molecule has 102 valence electrons. The van der Waals surface area contributed by atoms with Crippen molar-refractivity contribution in [3.05, 3.63) is 57.6 Å². The summed E-state index contributed by atoms with van der Waals surface area (Å²) in [7, 11) is 0. The number of aromatic nitrogens is 3. The minimum atomic E-state index is -0.303. The Labute approximate surface area is 120 Å². The van der Waals surface area contributed by atoms with E-state index >= 15 is 0 Å². The van der Waals surface area contributed by atoms with Crippen LogP contribution < -0.4 is 11.3 Å². The van der Waals surface area contributed by atoms with Crippen LogP contribution in [0.2, 0.25) is 5.02 Å². The summed E-state index contributed by atoms with van der Waals surface area (Å²) >= 11 is 6.15. The Morgan fingerprint density at radius 1 is 1.40 bits per heavy atom. The van der Waals surface area contributed by atoms with Crippen LogP contribution in [-0.4, -0.2) is 14.8 Å². The topological polar surface area (TPSA) is 76.7 Å². The van der Waals surface area contributed by atoms with E-state index in [1.807, 2.05) is 25.1 Å². The number of halogens is 1. The molecule has 0 radical (unpaired) electrons. The summed E-state index contributed by atoms with van der Waals surface area (Å²) in [6, 6.07) is 8.66. The summed E-state index contributed by atoms with van der Waals surface area (Å²) in [6.07, 6.45) is 1.66. The van der Waals surface area contributed by atoms with Crippen LogP contribution in [0, 0.1) is 0 Å². The molecule has 0 spiro atoms. The maximum atomic E-state index is 12.7. The fraction of sp³-hybridized carbons (Fsp3) is 0.143. The molecule has 20 heavy (non-hydrogen) atoms. The highest BCUT2D eigenvalue weighted by molar-refractivity contribution is 6.35. The highest BCUT2D eigenvalue weighted by atomic mass is 35.5. The molecule has 0 aliphatic rings. The molecular formula is C14H13ClN4O. The summed E-state index contributed by atoms with van der Waals surface area (Å²) in [5, 5.41) is 8.44. The number of benzene rings is 1. The van der Waals surface area contributed by atoms with E-state index in [9.17, 15) is 4.79 Å². The molecule has 6 heteroatoms. The molecule has 0 saturated heterocycles. The summed E-state index contributed by atoms with van der Waals surface area (Å²) in [5.74, 6) is 0.504. The molecule has 3 rings (SSSR count). The van der Waals surface area contributed by atoms with E-state index in [1.54, 1.807) is 18.3 Å². The zero-order valence-electron chi connectivity index (χ0n) is 10.8. The van der Waals surface area contributed by atoms with Crippen molar-refractivity contribution in [2.24, 2.45) is 5.73 Å². The maximum Gasteiger partial charge on any atom is 0.265 e. The van der Waals surface area contributed by atoms with Gasteiger partial charge in [0.25, 0.3) is 5.56 Å². The van der Waals surface area contributed by atoms with Crippen LogP contribution in [0.25, 0.3) is 16.6 Å². The van der Waals surface area contributed by atoms with E-state index in [-0.39, 0.29) is 11.6 Å². The van der Waals surface area contributed by atoms with Gasteiger partial charge in [0.1, 0.15) is 0 Å². The number of rotatable bonds is 2. The first-order valence-corrected chi connectivity index (χ1v) is 6.57. The molecule has 3 aromatic rings. The van der Waals surface area contributed by atoms with Crippen molar-refractivity contribution in [2.45, 2.75) is 13.0 Å². The molecule has 0 aliphatic heterocycles. The fourth-order valence-corrected chi connectivity index (χ4v) is 2.55. The van der Waals surface area contributed by atoms with Gasteiger partial charge in [-0.25, -0.2) is 0 Å². The normalized spacial score (nSPS) is 12.8. The molecule has 0 saturated carbocycles. The number of aromatic amines is 1. The first-order chi connectivity index (χ1) is 9.59. The summed E-state index contributed by atoms with van der Waals surface area (Å²) in [6.45, 7) is 1.83. The monoisotopic (exact) mass is 288 g/mol. The summed E-state index contributed by atoms with van der Waals surface area (Å²) in [4.78, 5) is 12.7. The van der Waals surface area contributed by atoms with Gasteiger partial charge < -0.3 is 5.73 Å². The third-order valence-electron chi connectivity index (χ3n) is 3.21. The number of nitrogens with two attached hydrogens (primary N) is 1. The molecule has 3 N–H and O–H groups in total. The lowest BCUT2D eigenvalue weighted by Crippen LogP contribution is -2.26. The number of nitrogens with one attached hydrogen (secondary N) is 1. The molecule has 0 aliphatic carbocycles. The van der Waals surface area contributed by atoms with E-state index in [2.05, 4.69) is 10.2 Å². The summed E-state index contributed by atoms with van der Waals surface area (Å²) < 4.78 is 1.50. The predicted molar refractivity (Wildman–Crippen MR) is 79.3 cm³/mol. The van der Waals surface area contributed by atoms with Crippen LogP contribution in [-0.2, 0) is 0 Å². The van der Waals surface area contributed by atoms with Crippen LogP contribution in [0.5, 0.6) is 0 Å². The van der Waals surface area contributed by atoms with Crippen LogP contribution in [0.15, 0.2) is 41.3 Å². The molecule has 1 atom stereocenters. The molecule has 1 aromatic carbocycles. The smallest absolute Gasteiger partial charge is 0.265 e. The second-order valence-corrected chi connectivity index (χ2v) is 5.04. The quantitative estimate of drug-likeness (QED) is 0.760. The maximum absolute atomic E-state index is 12.7. The van der Waals surface area contributed by atoms with E-state index in [0.717, 1.165) is 5.39 Å². The Morgan fingerprint density at radius 3 is 2.85 bits per heavy atom. The number of hydrogen-bond acceptors (Lipinski definition) is 3. The number of pyridine rings is 1. The Bertz CT molecular complexity index is 821. The molecular weight excluding hydrogens is 276 g/mol. The number of H-pyrrole nitrogens is 1. The SMILES string of the molecule is C[C@H](N)c1cc2cccc(Cl)c2c(=O)n1-c1cc[nH]n1. The second-order valence-electron chi connectivity index (χ2n) is 4.63. The molecule has 0 bridgehead atoms. The van der Waals surface area contributed by atoms with Crippen molar-refractivity contribution in [3.63, 3.8) is 0 Å². The van der Waals surface area contributed by atoms with Gasteiger partial charge in [0.05, 0.1) is 10.4 Å². The Balaban J connectivity index is 2.48. The first-order valence-electron chi connectivity index (χ1n) is 6.19. The Hall–Kier alpha value is -2.11. The molecule has 5 nitrogen and oxygen atoms in total. The highest BCUT2D eigenvalue weighted by Gasteiger charge is 2.16. The van der Waals surface area contributed by atoms with Crippen molar-refractivity contribution in [1.82, 2.24) is 14.8 Å². The third-order valence-corrected chi connectivity index (χ3v) is 3.52. The van der Waals surface area contributed by atoms with Gasteiger partial charge in [-0.3, -0.25) is 14.5 Å². The standard InChI is InChI=1S/C14H13ClN4O/c1-8(16)11-7-9-3-2-4-10(15)13(9)14(20)19(11)12-5-6-17-18-12/h2-8H,16H2,1H3,(H,17,18)/t8-/m0/s1. The summed E-state index contributed by atoms with van der Waals surface area (Å²) in [5.41, 5.74) is 6.46. The van der Waals surface area contributed by atoms with Gasteiger partial charge in [0.2, 0.25) is 0 Å². The zero-order chi connectivity index (χ0) is 14.3. The lowest BCUT2D eigenvalue weighted by Gasteiger charge is -2.15. The number of hydrogen-bond donors (Lipinski definition) is 2. The minimum Gasteiger partial charge on any atom is -0.323 e. The first kappa shape index (κ1) is 12.9. The molecule has 0 unspecified atom stereocenters. The van der Waals surface area contributed by atoms with E-state index in [0.29, 0.717) is 21.9 Å². The van der Waals surface area contributed by atoms with Crippen molar-refractivity contribution < 1.29 is 0 Å². The van der Waals surface area contributed by atoms with Gasteiger partial charge >= 0.3 is 0 Å². The van der Waals surface area contributed by atoms with Crippen LogP contribution >= 0.6 is 11.6 Å². The van der Waals surface area contributed by atoms with Crippen molar-refractivity contribution >= 4 is 22.4 Å². The minimum absolute atomic E-state index is 0.215. The molecule has 2 heterocycles. The van der Waals surface area contributed by atoms with E-state index in [4.69, 9.17) is 17.3 Å². The largest absolute Gasteiger partial charge is 0.323 e. The lowest BCUT2D eigenvalue weighted by atomic mass is 10.1. The Kier molecular flexibility index (Phi) is 3.08. The second kappa shape index (κ2) is 4.77. The van der Waals surface area contributed by atoms with Crippen molar-refractivity contribution in [3.8, 4) is 5.82 Å². The van der Waals surface area contributed by atoms with Crippen molar-refractivity contribution in [2.75, 3.05) is 0 Å². The van der Waals surface area contributed by atoms with Gasteiger partial charge in [0.15, 0.2) is 5.82 Å². The van der Waals surface area contributed by atoms with Crippen LogP contribution in [0.1, 0.15) is 18.7 Å². The van der Waals surface area contributed by atoms with Gasteiger partial charge in [0, 0.05) is 24.0 Å².